The van der Waals surface area contributed by atoms with E-state index in [1.165, 1.54) is 16.7 Å². The van der Waals surface area contributed by atoms with Crippen LogP contribution in [0.1, 0.15) is 23.6 Å². The smallest absolute Gasteiger partial charge is 0.686 e. The molecule has 3 heteroatoms. The summed E-state index contributed by atoms with van der Waals surface area (Å²) in [6.45, 7) is 3.58. The predicted molar refractivity (Wildman–Crippen MR) is 107 cm³/mol. The fourth-order valence-corrected chi connectivity index (χ4v) is 2.97. The minimum Gasteiger partial charge on any atom is -0.686 e. The SMILES string of the molecule is Cc1ccccc1C([N-]CC[N-]c1ccccc1)C1=CCC=CC=C1.[V+2]. The van der Waals surface area contributed by atoms with E-state index in [9.17, 15) is 0 Å². The maximum Gasteiger partial charge on any atom is 2.00 e. The molecule has 0 bridgehead atoms. The van der Waals surface area contributed by atoms with Crippen molar-refractivity contribution in [2.24, 2.45) is 0 Å². The molecule has 0 aliphatic heterocycles. The van der Waals surface area contributed by atoms with E-state index in [4.69, 9.17) is 5.32 Å². The molecule has 131 valence electrons. The van der Waals surface area contributed by atoms with Crippen molar-refractivity contribution in [1.29, 1.82) is 0 Å². The van der Waals surface area contributed by atoms with Gasteiger partial charge in [0.25, 0.3) is 0 Å². The van der Waals surface area contributed by atoms with E-state index in [0.717, 1.165) is 12.1 Å². The Morgan fingerprint density at radius 1 is 0.923 bits per heavy atom. The maximum atomic E-state index is 4.99. The third kappa shape index (κ3) is 5.77. The summed E-state index contributed by atoms with van der Waals surface area (Å²) in [4.78, 5) is 0. The van der Waals surface area contributed by atoms with Crippen LogP contribution in [0.15, 0.2) is 90.6 Å². The van der Waals surface area contributed by atoms with Gasteiger partial charge in [0, 0.05) is 0 Å². The maximum absolute atomic E-state index is 4.99. The van der Waals surface area contributed by atoms with Gasteiger partial charge in [-0.15, -0.1) is 5.69 Å². The molecule has 2 aromatic carbocycles. The minimum atomic E-state index is 0. The van der Waals surface area contributed by atoms with Crippen LogP contribution in [0.3, 0.4) is 0 Å². The molecule has 1 atom stereocenters. The van der Waals surface area contributed by atoms with Crippen molar-refractivity contribution in [3.63, 3.8) is 0 Å². The van der Waals surface area contributed by atoms with E-state index < -0.39 is 0 Å². The number of rotatable bonds is 7. The summed E-state index contributed by atoms with van der Waals surface area (Å²) in [5.74, 6) is 0. The van der Waals surface area contributed by atoms with E-state index in [-0.39, 0.29) is 24.6 Å². The van der Waals surface area contributed by atoms with Crippen LogP contribution in [0.25, 0.3) is 10.6 Å². The van der Waals surface area contributed by atoms with Crippen LogP contribution >= 0.6 is 0 Å². The van der Waals surface area contributed by atoms with Gasteiger partial charge < -0.3 is 10.6 Å². The zero-order valence-corrected chi connectivity index (χ0v) is 16.5. The molecule has 0 N–H and O–H groups in total. The second-order valence-corrected chi connectivity index (χ2v) is 6.11. The molecule has 1 aliphatic carbocycles. The van der Waals surface area contributed by atoms with Gasteiger partial charge in [-0.3, -0.25) is 0 Å². The molecule has 0 heterocycles. The predicted octanol–water partition coefficient (Wildman–Crippen LogP) is 6.56. The van der Waals surface area contributed by atoms with Gasteiger partial charge in [0.15, 0.2) is 0 Å². The van der Waals surface area contributed by atoms with E-state index in [1.807, 2.05) is 30.3 Å². The van der Waals surface area contributed by atoms with Gasteiger partial charge in [-0.2, -0.15) is 13.1 Å². The van der Waals surface area contributed by atoms with Crippen molar-refractivity contribution in [2.45, 2.75) is 19.4 Å². The number of benzene rings is 2. The summed E-state index contributed by atoms with van der Waals surface area (Å²) >= 11 is 0. The quantitative estimate of drug-likeness (QED) is 0.488. The molecular formula is C23H24N2V. The monoisotopic (exact) mass is 379 g/mol. The minimum absolute atomic E-state index is 0. The first-order valence-electron chi connectivity index (χ1n) is 8.82. The van der Waals surface area contributed by atoms with Gasteiger partial charge in [-0.25, -0.2) is 0 Å². The van der Waals surface area contributed by atoms with Gasteiger partial charge in [-0.1, -0.05) is 102 Å². The zero-order chi connectivity index (χ0) is 17.3. The summed E-state index contributed by atoms with van der Waals surface area (Å²) in [5, 5.41) is 9.61. The van der Waals surface area contributed by atoms with Crippen LogP contribution in [-0.4, -0.2) is 13.1 Å². The molecule has 26 heavy (non-hydrogen) atoms. The molecule has 1 aliphatic rings. The van der Waals surface area contributed by atoms with Crippen LogP contribution in [0, 0.1) is 6.92 Å². The second-order valence-electron chi connectivity index (χ2n) is 6.11. The zero-order valence-electron chi connectivity index (χ0n) is 15.1. The van der Waals surface area contributed by atoms with E-state index in [2.05, 4.69) is 66.9 Å². The Kier molecular flexibility index (Phi) is 8.50. The fourth-order valence-electron chi connectivity index (χ4n) is 2.97. The van der Waals surface area contributed by atoms with E-state index >= 15 is 0 Å². The average molecular weight is 379 g/mol. The van der Waals surface area contributed by atoms with Crippen molar-refractivity contribution >= 4 is 5.69 Å². The third-order valence-electron chi connectivity index (χ3n) is 4.29. The van der Waals surface area contributed by atoms with Gasteiger partial charge in [0.05, 0.1) is 0 Å². The molecular weight excluding hydrogens is 355 g/mol. The largest absolute Gasteiger partial charge is 2.00 e. The van der Waals surface area contributed by atoms with E-state index in [1.54, 1.807) is 0 Å². The van der Waals surface area contributed by atoms with Crippen LogP contribution in [-0.2, 0) is 18.6 Å². The van der Waals surface area contributed by atoms with Crippen molar-refractivity contribution in [2.75, 3.05) is 13.1 Å². The normalized spacial score (nSPS) is 14.1. The van der Waals surface area contributed by atoms with Crippen LogP contribution in [0.4, 0.5) is 5.69 Å². The summed E-state index contributed by atoms with van der Waals surface area (Å²) < 4.78 is 0. The molecule has 0 saturated carbocycles. The first kappa shape index (κ1) is 20.3. The Morgan fingerprint density at radius 2 is 1.69 bits per heavy atom. The molecule has 0 amide bonds. The van der Waals surface area contributed by atoms with Gasteiger partial charge in [0.2, 0.25) is 0 Å². The van der Waals surface area contributed by atoms with Gasteiger partial charge in [0.1, 0.15) is 0 Å². The second kappa shape index (κ2) is 10.9. The Balaban J connectivity index is 0.00000243. The number of hydrogen-bond donors (Lipinski definition) is 0. The third-order valence-corrected chi connectivity index (χ3v) is 4.29. The standard InChI is InChI=1S/C23H24N2.V/c1-19-11-9-10-16-22(19)23(20-12-5-2-3-6-13-20)25-18-17-24-21-14-7-4-8-15-21;/h2-5,7-16,23H,6,17-18H2,1H3;/q-2;+2. The average Bonchev–Trinajstić information content (AvgIpc) is 2.93. The van der Waals surface area contributed by atoms with Gasteiger partial charge in [-0.05, 0) is 18.9 Å². The Hall–Kier alpha value is -2.00. The topological polar surface area (TPSA) is 28.2 Å². The van der Waals surface area contributed by atoms with Crippen LogP contribution < -0.4 is 0 Å². The van der Waals surface area contributed by atoms with Crippen LogP contribution in [0.2, 0.25) is 0 Å². The number of allylic oxidation sites excluding steroid dienone is 4. The number of nitrogens with zero attached hydrogens (tertiary/aromatic N) is 2. The molecule has 1 radical (unpaired) electrons. The molecule has 3 rings (SSSR count). The molecule has 2 aromatic rings. The summed E-state index contributed by atoms with van der Waals surface area (Å²) in [5.41, 5.74) is 4.84. The molecule has 2 nitrogen and oxygen atoms in total. The van der Waals surface area contributed by atoms with Crippen molar-refractivity contribution in [1.82, 2.24) is 0 Å². The molecule has 0 fully saturated rings. The van der Waals surface area contributed by atoms with Crippen molar-refractivity contribution < 1.29 is 18.6 Å². The number of hydrogen-bond acceptors (Lipinski definition) is 0. The number of aryl methyl sites for hydroxylation is 1. The van der Waals surface area contributed by atoms with E-state index in [0.29, 0.717) is 13.1 Å². The molecule has 1 unspecified atom stereocenters. The Bertz CT molecular complexity index is 763. The van der Waals surface area contributed by atoms with Crippen molar-refractivity contribution in [3.8, 4) is 0 Å². The number of para-hydroxylation sites is 1. The Morgan fingerprint density at radius 3 is 2.50 bits per heavy atom. The first-order chi connectivity index (χ1) is 12.3. The molecule has 0 saturated heterocycles. The summed E-state index contributed by atoms with van der Waals surface area (Å²) in [6, 6.07) is 18.7. The molecule has 0 aromatic heterocycles. The first-order valence-corrected chi connectivity index (χ1v) is 8.82. The fraction of sp³-hybridized carbons (Fsp3) is 0.217. The molecule has 0 spiro atoms. The summed E-state index contributed by atoms with van der Waals surface area (Å²) in [7, 11) is 0. The van der Waals surface area contributed by atoms with Crippen LogP contribution in [0.5, 0.6) is 0 Å². The Labute approximate surface area is 169 Å². The van der Waals surface area contributed by atoms with Gasteiger partial charge >= 0.3 is 18.6 Å². The summed E-state index contributed by atoms with van der Waals surface area (Å²) in [6.07, 6.45) is 11.8. The van der Waals surface area contributed by atoms with Crippen molar-refractivity contribution in [3.05, 3.63) is 112 Å².